The second-order valence-electron chi connectivity index (χ2n) is 9.22. The van der Waals surface area contributed by atoms with Gasteiger partial charge in [0.15, 0.2) is 5.78 Å². The third kappa shape index (κ3) is 5.13. The molecular formula is C31H26Cl2N2O2. The van der Waals surface area contributed by atoms with Gasteiger partial charge in [-0.3, -0.25) is 9.59 Å². The van der Waals surface area contributed by atoms with Crippen LogP contribution in [0.2, 0.25) is 10.0 Å². The van der Waals surface area contributed by atoms with E-state index < -0.39 is 0 Å². The Morgan fingerprint density at radius 1 is 0.811 bits per heavy atom. The lowest BCUT2D eigenvalue weighted by Gasteiger charge is -2.44. The lowest BCUT2D eigenvalue weighted by Crippen LogP contribution is -2.47. The molecule has 0 bridgehead atoms. The van der Waals surface area contributed by atoms with Gasteiger partial charge in [0, 0.05) is 28.5 Å². The molecule has 4 aromatic carbocycles. The maximum atomic E-state index is 14.0. The number of ketones is 1. The summed E-state index contributed by atoms with van der Waals surface area (Å²) in [7, 11) is 0. The smallest absolute Gasteiger partial charge is 0.258 e. The Kier molecular flexibility index (Phi) is 7.31. The Balaban J connectivity index is 1.55. The number of Topliss-reactive ketones (excluding diaryl/α,β-unsaturated/α-hetero) is 1. The van der Waals surface area contributed by atoms with Crippen LogP contribution in [0.1, 0.15) is 45.7 Å². The van der Waals surface area contributed by atoms with Crippen molar-refractivity contribution in [2.75, 3.05) is 16.3 Å². The highest BCUT2D eigenvalue weighted by molar-refractivity contribution is 6.42. The van der Waals surface area contributed by atoms with Crippen LogP contribution in [0, 0.1) is 0 Å². The number of hydrogen-bond donors (Lipinski definition) is 0. The largest absolute Gasteiger partial charge is 0.361 e. The molecule has 1 aliphatic rings. The van der Waals surface area contributed by atoms with Gasteiger partial charge in [0.1, 0.15) is 0 Å². The summed E-state index contributed by atoms with van der Waals surface area (Å²) in [4.78, 5) is 31.1. The summed E-state index contributed by atoms with van der Waals surface area (Å²) >= 11 is 12.4. The highest BCUT2D eigenvalue weighted by Crippen LogP contribution is 2.43. The quantitative estimate of drug-likeness (QED) is 0.239. The molecule has 0 N–H and O–H groups in total. The fourth-order valence-electron chi connectivity index (χ4n) is 5.00. The first-order chi connectivity index (χ1) is 17.9. The monoisotopic (exact) mass is 528 g/mol. The number of para-hydroxylation sites is 2. The number of rotatable bonds is 6. The van der Waals surface area contributed by atoms with Gasteiger partial charge >= 0.3 is 0 Å². The molecule has 1 amide bonds. The lowest BCUT2D eigenvalue weighted by atomic mass is 9.89. The van der Waals surface area contributed by atoms with Gasteiger partial charge in [0.25, 0.3) is 5.91 Å². The topological polar surface area (TPSA) is 40.6 Å². The number of benzene rings is 4. The van der Waals surface area contributed by atoms with Gasteiger partial charge in [-0.1, -0.05) is 89.9 Å². The van der Waals surface area contributed by atoms with Crippen molar-refractivity contribution in [2.45, 2.75) is 25.4 Å². The third-order valence-corrected chi connectivity index (χ3v) is 7.58. The van der Waals surface area contributed by atoms with E-state index in [0.717, 1.165) is 16.9 Å². The van der Waals surface area contributed by atoms with Crippen LogP contribution in [0.5, 0.6) is 0 Å². The second kappa shape index (κ2) is 10.8. The van der Waals surface area contributed by atoms with Crippen molar-refractivity contribution in [2.24, 2.45) is 0 Å². The highest BCUT2D eigenvalue weighted by Gasteiger charge is 2.37. The SMILES string of the molecule is C[C@@H]1C[C@@H](N(C(=O)c2ccc(Cl)c(Cl)c2)c2ccccc2)c2ccccc2N1CC(=O)c1ccccc1. The average Bonchev–Trinajstić information content (AvgIpc) is 2.93. The molecular weight excluding hydrogens is 503 g/mol. The molecule has 0 unspecified atom stereocenters. The summed E-state index contributed by atoms with van der Waals surface area (Å²) in [5, 5.41) is 0.739. The molecule has 186 valence electrons. The molecule has 6 heteroatoms. The number of halogens is 2. The van der Waals surface area contributed by atoms with Crippen LogP contribution in [0.15, 0.2) is 103 Å². The van der Waals surface area contributed by atoms with Crippen molar-refractivity contribution < 1.29 is 9.59 Å². The van der Waals surface area contributed by atoms with Crippen molar-refractivity contribution in [3.05, 3.63) is 130 Å². The summed E-state index contributed by atoms with van der Waals surface area (Å²) in [6.07, 6.45) is 0.654. The van der Waals surface area contributed by atoms with Crippen LogP contribution >= 0.6 is 23.2 Å². The van der Waals surface area contributed by atoms with Crippen LogP contribution in [-0.4, -0.2) is 24.3 Å². The first kappa shape index (κ1) is 25.1. The molecule has 1 aliphatic heterocycles. The summed E-state index contributed by atoms with van der Waals surface area (Å²) in [6.45, 7) is 2.37. The van der Waals surface area contributed by atoms with E-state index in [-0.39, 0.29) is 30.3 Å². The fourth-order valence-corrected chi connectivity index (χ4v) is 5.29. The van der Waals surface area contributed by atoms with Gasteiger partial charge in [0.2, 0.25) is 0 Å². The van der Waals surface area contributed by atoms with E-state index in [1.807, 2.05) is 89.8 Å². The second-order valence-corrected chi connectivity index (χ2v) is 10.0. The molecule has 4 nitrogen and oxygen atoms in total. The molecule has 0 saturated heterocycles. The van der Waals surface area contributed by atoms with Crippen molar-refractivity contribution in [1.82, 2.24) is 0 Å². The van der Waals surface area contributed by atoms with Crippen molar-refractivity contribution in [3.8, 4) is 0 Å². The maximum absolute atomic E-state index is 14.0. The van der Waals surface area contributed by atoms with Crippen molar-refractivity contribution in [1.29, 1.82) is 0 Å². The lowest BCUT2D eigenvalue weighted by molar-refractivity contribution is 0.0965. The number of carbonyl (C=O) groups excluding carboxylic acids is 2. The molecule has 2 atom stereocenters. The van der Waals surface area contributed by atoms with Gasteiger partial charge in [-0.05, 0) is 55.3 Å². The number of hydrogen-bond acceptors (Lipinski definition) is 3. The molecule has 1 heterocycles. The minimum Gasteiger partial charge on any atom is -0.361 e. The van der Waals surface area contributed by atoms with Gasteiger partial charge in [-0.25, -0.2) is 0 Å². The zero-order valence-electron chi connectivity index (χ0n) is 20.4. The van der Waals surface area contributed by atoms with E-state index in [0.29, 0.717) is 27.6 Å². The Bertz CT molecular complexity index is 1430. The van der Waals surface area contributed by atoms with Crippen LogP contribution < -0.4 is 9.80 Å². The van der Waals surface area contributed by atoms with Crippen LogP contribution in [0.25, 0.3) is 0 Å². The number of carbonyl (C=O) groups is 2. The van der Waals surface area contributed by atoms with Crippen molar-refractivity contribution in [3.63, 3.8) is 0 Å². The molecule has 0 aliphatic carbocycles. The normalized spacial score (nSPS) is 16.7. The average molecular weight is 529 g/mol. The molecule has 37 heavy (non-hydrogen) atoms. The van der Waals surface area contributed by atoms with Gasteiger partial charge in [0.05, 0.1) is 22.6 Å². The molecule has 4 aromatic rings. The number of fused-ring (bicyclic) bond motifs is 1. The molecule has 5 rings (SSSR count). The molecule has 0 saturated carbocycles. The van der Waals surface area contributed by atoms with Crippen LogP contribution in [0.4, 0.5) is 11.4 Å². The van der Waals surface area contributed by atoms with Crippen molar-refractivity contribution >= 4 is 46.3 Å². The summed E-state index contributed by atoms with van der Waals surface area (Å²) in [5.41, 5.74) is 3.90. The Hall–Kier alpha value is -3.60. The molecule has 0 radical (unpaired) electrons. The van der Waals surface area contributed by atoms with E-state index in [4.69, 9.17) is 23.2 Å². The number of nitrogens with zero attached hydrogens (tertiary/aromatic N) is 2. The van der Waals surface area contributed by atoms with E-state index in [2.05, 4.69) is 11.8 Å². The van der Waals surface area contributed by atoms with Gasteiger partial charge < -0.3 is 9.80 Å². The number of anilines is 2. The zero-order chi connectivity index (χ0) is 25.9. The first-order valence-electron chi connectivity index (χ1n) is 12.2. The predicted molar refractivity (Wildman–Crippen MR) is 151 cm³/mol. The molecule has 0 spiro atoms. The highest BCUT2D eigenvalue weighted by atomic mass is 35.5. The summed E-state index contributed by atoms with van der Waals surface area (Å²) < 4.78 is 0. The van der Waals surface area contributed by atoms with E-state index >= 15 is 0 Å². The molecule has 0 aromatic heterocycles. The maximum Gasteiger partial charge on any atom is 0.258 e. The Morgan fingerprint density at radius 2 is 1.46 bits per heavy atom. The Morgan fingerprint density at radius 3 is 2.16 bits per heavy atom. The van der Waals surface area contributed by atoms with E-state index in [9.17, 15) is 9.59 Å². The zero-order valence-corrected chi connectivity index (χ0v) is 21.9. The number of amides is 1. The summed E-state index contributed by atoms with van der Waals surface area (Å²) in [6, 6.07) is 31.8. The third-order valence-electron chi connectivity index (χ3n) is 6.84. The fraction of sp³-hybridized carbons (Fsp3) is 0.161. The minimum absolute atomic E-state index is 0.0142. The summed E-state index contributed by atoms with van der Waals surface area (Å²) in [5.74, 6) is -0.0990. The van der Waals surface area contributed by atoms with Gasteiger partial charge in [-0.15, -0.1) is 0 Å². The minimum atomic E-state index is -0.237. The van der Waals surface area contributed by atoms with E-state index in [1.54, 1.807) is 18.2 Å². The predicted octanol–water partition coefficient (Wildman–Crippen LogP) is 7.86. The van der Waals surface area contributed by atoms with E-state index in [1.165, 1.54) is 0 Å². The van der Waals surface area contributed by atoms with Crippen LogP contribution in [-0.2, 0) is 0 Å². The molecule has 0 fully saturated rings. The standard InChI is InChI=1S/C31H26Cl2N2O2/c1-21-18-29(25-14-8-9-15-28(25)34(21)20-30(36)22-10-4-2-5-11-22)35(24-12-6-3-7-13-24)31(37)23-16-17-26(32)27(33)19-23/h2-17,19,21,29H,18,20H2,1H3/t21-,29-/m1/s1. The van der Waals surface area contributed by atoms with Gasteiger partial charge in [-0.2, -0.15) is 0 Å². The first-order valence-corrected chi connectivity index (χ1v) is 13.0. The van der Waals surface area contributed by atoms with Crippen LogP contribution in [0.3, 0.4) is 0 Å². The Labute approximate surface area is 227 Å².